The lowest BCUT2D eigenvalue weighted by Gasteiger charge is -2.27. The van der Waals surface area contributed by atoms with Crippen molar-refractivity contribution in [2.75, 3.05) is 23.4 Å². The summed E-state index contributed by atoms with van der Waals surface area (Å²) in [6.07, 6.45) is 3.97. The van der Waals surface area contributed by atoms with Gasteiger partial charge in [-0.05, 0) is 51.0 Å². The van der Waals surface area contributed by atoms with Crippen LogP contribution in [-0.4, -0.2) is 44.9 Å². The standard InChI is InChI=1S/C22H24N6O3/c1-3-31-20-11-10-19(25-26-20)28-15(2)18(14-23-28)22(30)24-16-7-6-8-17(13-16)27-12-5-4-9-21(27)29/h6-8,10-11,13-14H,3-5,9,12H2,1-2H3,(H,24,30). The number of nitrogens with zero attached hydrogens (tertiary/aromatic N) is 5. The lowest BCUT2D eigenvalue weighted by molar-refractivity contribution is -0.119. The maximum atomic E-state index is 12.9. The molecule has 1 saturated heterocycles. The molecule has 1 fully saturated rings. The minimum absolute atomic E-state index is 0.114. The van der Waals surface area contributed by atoms with Crippen molar-refractivity contribution in [3.8, 4) is 11.7 Å². The highest BCUT2D eigenvalue weighted by atomic mass is 16.5. The zero-order chi connectivity index (χ0) is 21.8. The Morgan fingerprint density at radius 3 is 2.81 bits per heavy atom. The SMILES string of the molecule is CCOc1ccc(-n2ncc(C(=O)Nc3cccc(N4CCCCC4=O)c3)c2C)nn1. The van der Waals surface area contributed by atoms with E-state index in [4.69, 9.17) is 4.74 Å². The van der Waals surface area contributed by atoms with Crippen molar-refractivity contribution in [2.45, 2.75) is 33.1 Å². The van der Waals surface area contributed by atoms with Crippen LogP contribution in [0.3, 0.4) is 0 Å². The minimum Gasteiger partial charge on any atom is -0.477 e. The van der Waals surface area contributed by atoms with E-state index in [0.29, 0.717) is 48.2 Å². The molecule has 0 spiro atoms. The normalized spacial score (nSPS) is 13.9. The Balaban J connectivity index is 1.51. The molecular weight excluding hydrogens is 396 g/mol. The lowest BCUT2D eigenvalue weighted by atomic mass is 10.1. The van der Waals surface area contributed by atoms with Crippen LogP contribution in [0, 0.1) is 6.92 Å². The summed E-state index contributed by atoms with van der Waals surface area (Å²) < 4.78 is 6.86. The minimum atomic E-state index is -0.287. The highest BCUT2D eigenvalue weighted by molar-refractivity contribution is 6.05. The van der Waals surface area contributed by atoms with E-state index >= 15 is 0 Å². The second kappa shape index (κ2) is 8.95. The number of hydrogen-bond donors (Lipinski definition) is 1. The average Bonchev–Trinajstić information content (AvgIpc) is 3.16. The number of piperidine rings is 1. The molecule has 1 aromatic carbocycles. The van der Waals surface area contributed by atoms with Gasteiger partial charge in [0.05, 0.1) is 24.1 Å². The van der Waals surface area contributed by atoms with Crippen molar-refractivity contribution in [3.63, 3.8) is 0 Å². The molecule has 0 saturated carbocycles. The van der Waals surface area contributed by atoms with Gasteiger partial charge in [-0.15, -0.1) is 10.2 Å². The Morgan fingerprint density at radius 1 is 1.19 bits per heavy atom. The number of carbonyl (C=O) groups is 2. The number of benzene rings is 1. The Labute approximate surface area is 180 Å². The van der Waals surface area contributed by atoms with Crippen LogP contribution in [-0.2, 0) is 4.79 Å². The summed E-state index contributed by atoms with van der Waals surface area (Å²) in [5.74, 6) is 0.750. The highest BCUT2D eigenvalue weighted by Gasteiger charge is 2.21. The van der Waals surface area contributed by atoms with E-state index in [1.54, 1.807) is 34.7 Å². The molecule has 2 amide bonds. The third-order valence-electron chi connectivity index (χ3n) is 5.13. The van der Waals surface area contributed by atoms with E-state index in [1.165, 1.54) is 6.20 Å². The topological polar surface area (TPSA) is 102 Å². The number of hydrogen-bond acceptors (Lipinski definition) is 6. The van der Waals surface area contributed by atoms with Crippen LogP contribution < -0.4 is 15.0 Å². The molecule has 0 radical (unpaired) electrons. The number of ether oxygens (including phenoxy) is 1. The molecule has 1 N–H and O–H groups in total. The van der Waals surface area contributed by atoms with E-state index in [0.717, 1.165) is 18.5 Å². The van der Waals surface area contributed by atoms with Crippen LogP contribution in [0.2, 0.25) is 0 Å². The lowest BCUT2D eigenvalue weighted by Crippen LogP contribution is -2.35. The molecule has 0 unspecified atom stereocenters. The van der Waals surface area contributed by atoms with E-state index < -0.39 is 0 Å². The molecule has 9 nitrogen and oxygen atoms in total. The molecular formula is C22H24N6O3. The summed E-state index contributed by atoms with van der Waals surface area (Å²) in [5.41, 5.74) is 2.47. The molecule has 2 aromatic heterocycles. The van der Waals surface area contributed by atoms with Gasteiger partial charge >= 0.3 is 0 Å². The second-order valence-corrected chi connectivity index (χ2v) is 7.23. The third kappa shape index (κ3) is 4.40. The molecule has 4 rings (SSSR count). The van der Waals surface area contributed by atoms with Gasteiger partial charge in [-0.2, -0.15) is 5.10 Å². The molecule has 160 valence electrons. The van der Waals surface area contributed by atoms with Crippen LogP contribution in [0.15, 0.2) is 42.6 Å². The maximum Gasteiger partial charge on any atom is 0.259 e. The van der Waals surface area contributed by atoms with Gasteiger partial charge in [0.25, 0.3) is 5.91 Å². The summed E-state index contributed by atoms with van der Waals surface area (Å²) in [6, 6.07) is 10.8. The smallest absolute Gasteiger partial charge is 0.259 e. The first-order valence-electron chi connectivity index (χ1n) is 10.3. The van der Waals surface area contributed by atoms with Crippen molar-refractivity contribution in [3.05, 3.63) is 53.9 Å². The van der Waals surface area contributed by atoms with Crippen LogP contribution in [0.4, 0.5) is 11.4 Å². The van der Waals surface area contributed by atoms with Crippen molar-refractivity contribution < 1.29 is 14.3 Å². The van der Waals surface area contributed by atoms with Gasteiger partial charge in [0.1, 0.15) is 0 Å². The Morgan fingerprint density at radius 2 is 2.06 bits per heavy atom. The molecule has 3 aromatic rings. The van der Waals surface area contributed by atoms with Crippen molar-refractivity contribution in [1.29, 1.82) is 0 Å². The molecule has 1 aliphatic rings. The molecule has 31 heavy (non-hydrogen) atoms. The summed E-state index contributed by atoms with van der Waals surface area (Å²) in [5, 5.41) is 15.3. The number of aromatic nitrogens is 4. The monoisotopic (exact) mass is 420 g/mol. The van der Waals surface area contributed by atoms with Gasteiger partial charge in [-0.25, -0.2) is 4.68 Å². The molecule has 0 atom stereocenters. The largest absolute Gasteiger partial charge is 0.477 e. The molecule has 0 aliphatic carbocycles. The first-order chi connectivity index (χ1) is 15.1. The average molecular weight is 420 g/mol. The van der Waals surface area contributed by atoms with Crippen LogP contribution in [0.25, 0.3) is 5.82 Å². The van der Waals surface area contributed by atoms with Crippen LogP contribution in [0.1, 0.15) is 42.2 Å². The van der Waals surface area contributed by atoms with Crippen molar-refractivity contribution >= 4 is 23.2 Å². The summed E-state index contributed by atoms with van der Waals surface area (Å²) in [4.78, 5) is 26.8. The summed E-state index contributed by atoms with van der Waals surface area (Å²) in [7, 11) is 0. The van der Waals surface area contributed by atoms with Gasteiger partial charge in [-0.3, -0.25) is 9.59 Å². The molecule has 3 heterocycles. The van der Waals surface area contributed by atoms with Gasteiger partial charge < -0.3 is 15.0 Å². The molecule has 0 bridgehead atoms. The Hall–Kier alpha value is -3.75. The van der Waals surface area contributed by atoms with Crippen LogP contribution in [0.5, 0.6) is 5.88 Å². The second-order valence-electron chi connectivity index (χ2n) is 7.23. The third-order valence-corrected chi connectivity index (χ3v) is 5.13. The van der Waals surface area contributed by atoms with E-state index in [1.807, 2.05) is 25.1 Å². The number of amides is 2. The maximum absolute atomic E-state index is 12.9. The fourth-order valence-corrected chi connectivity index (χ4v) is 3.54. The summed E-state index contributed by atoms with van der Waals surface area (Å²) in [6.45, 7) is 4.87. The number of nitrogens with one attached hydrogen (secondary N) is 1. The predicted octanol–water partition coefficient (Wildman–Crippen LogP) is 3.14. The fourth-order valence-electron chi connectivity index (χ4n) is 3.54. The predicted molar refractivity (Wildman–Crippen MR) is 116 cm³/mol. The molecule has 9 heteroatoms. The van der Waals surface area contributed by atoms with Crippen LogP contribution >= 0.6 is 0 Å². The van der Waals surface area contributed by atoms with E-state index in [-0.39, 0.29) is 11.8 Å². The van der Waals surface area contributed by atoms with E-state index in [9.17, 15) is 9.59 Å². The van der Waals surface area contributed by atoms with Gasteiger partial charge in [0.15, 0.2) is 5.82 Å². The molecule has 1 aliphatic heterocycles. The van der Waals surface area contributed by atoms with Crippen molar-refractivity contribution in [2.24, 2.45) is 0 Å². The first-order valence-corrected chi connectivity index (χ1v) is 10.3. The first kappa shape index (κ1) is 20.5. The zero-order valence-corrected chi connectivity index (χ0v) is 17.5. The Kier molecular flexibility index (Phi) is 5.92. The Bertz CT molecular complexity index is 1090. The number of rotatable bonds is 6. The zero-order valence-electron chi connectivity index (χ0n) is 17.5. The highest BCUT2D eigenvalue weighted by Crippen LogP contribution is 2.24. The summed E-state index contributed by atoms with van der Waals surface area (Å²) >= 11 is 0. The van der Waals surface area contributed by atoms with Gasteiger partial charge in [-0.1, -0.05) is 6.07 Å². The number of carbonyl (C=O) groups excluding carboxylic acids is 2. The van der Waals surface area contributed by atoms with Gasteiger partial charge in [0.2, 0.25) is 11.8 Å². The quantitative estimate of drug-likeness (QED) is 0.657. The van der Waals surface area contributed by atoms with E-state index in [2.05, 4.69) is 20.6 Å². The van der Waals surface area contributed by atoms with Crippen molar-refractivity contribution in [1.82, 2.24) is 20.0 Å². The fraction of sp³-hybridized carbons (Fsp3) is 0.318. The van der Waals surface area contributed by atoms with Gasteiger partial charge in [0, 0.05) is 30.4 Å². The number of anilines is 2.